The molecule has 1 rings (SSSR count). The zero-order valence-electron chi connectivity index (χ0n) is 5.41. The summed E-state index contributed by atoms with van der Waals surface area (Å²) in [6, 6.07) is 5.80. The molecule has 1 heterocycles. The van der Waals surface area contributed by atoms with Gasteiger partial charge in [0.1, 0.15) is 6.72 Å². The number of nitrogens with zero attached hydrogens (tertiary/aromatic N) is 2. The summed E-state index contributed by atoms with van der Waals surface area (Å²) < 4.78 is 1.91. The molecule has 0 bridgehead atoms. The fourth-order valence-electron chi connectivity index (χ4n) is 0.679. The van der Waals surface area contributed by atoms with E-state index in [1.807, 2.05) is 36.0 Å². The van der Waals surface area contributed by atoms with E-state index >= 15 is 0 Å². The van der Waals surface area contributed by atoms with Crippen molar-refractivity contribution in [3.05, 3.63) is 24.4 Å². The maximum absolute atomic E-state index is 3.78. The molecule has 2 heteroatoms. The smallest absolute Gasteiger partial charge is 0.234 e. The standard InChI is InChI=1S/C7H9N2/c1-8-7-5-3-4-6-9(7)2/h3-6H,1H2,2H3/q+1. The average Bonchev–Trinajstić information content (AvgIpc) is 1.89. The van der Waals surface area contributed by atoms with Crippen LogP contribution >= 0.6 is 0 Å². The number of aliphatic imine (C=N–C) groups is 1. The Hall–Kier alpha value is -1.18. The van der Waals surface area contributed by atoms with E-state index in [0.29, 0.717) is 0 Å². The van der Waals surface area contributed by atoms with Crippen LogP contribution in [0.25, 0.3) is 0 Å². The Morgan fingerprint density at radius 2 is 2.33 bits per heavy atom. The van der Waals surface area contributed by atoms with E-state index in [0.717, 1.165) is 5.82 Å². The molecule has 1 aromatic rings. The Morgan fingerprint density at radius 1 is 1.56 bits per heavy atom. The van der Waals surface area contributed by atoms with Crippen LogP contribution in [-0.2, 0) is 7.05 Å². The molecule has 9 heavy (non-hydrogen) atoms. The average molecular weight is 121 g/mol. The predicted molar refractivity (Wildman–Crippen MR) is 36.8 cm³/mol. The highest BCUT2D eigenvalue weighted by molar-refractivity contribution is 5.35. The minimum atomic E-state index is 0.887. The van der Waals surface area contributed by atoms with Crippen LogP contribution in [0.1, 0.15) is 0 Å². The van der Waals surface area contributed by atoms with Gasteiger partial charge in [-0.2, -0.15) is 0 Å². The van der Waals surface area contributed by atoms with E-state index in [1.165, 1.54) is 0 Å². The van der Waals surface area contributed by atoms with Crippen molar-refractivity contribution in [3.8, 4) is 0 Å². The summed E-state index contributed by atoms with van der Waals surface area (Å²) >= 11 is 0. The van der Waals surface area contributed by atoms with Gasteiger partial charge in [0.05, 0.1) is 13.2 Å². The third-order valence-electron chi connectivity index (χ3n) is 1.19. The fraction of sp³-hybridized carbons (Fsp3) is 0.143. The number of hydrogen-bond acceptors (Lipinski definition) is 1. The molecule has 0 fully saturated rings. The summed E-state index contributed by atoms with van der Waals surface area (Å²) in [5.41, 5.74) is 0. The van der Waals surface area contributed by atoms with Crippen molar-refractivity contribution >= 4 is 12.5 Å². The second-order valence-electron chi connectivity index (χ2n) is 1.83. The van der Waals surface area contributed by atoms with Gasteiger partial charge in [-0.1, -0.05) is 11.1 Å². The summed E-state index contributed by atoms with van der Waals surface area (Å²) in [5.74, 6) is 0.887. The van der Waals surface area contributed by atoms with Gasteiger partial charge in [-0.05, 0) is 6.07 Å². The highest BCUT2D eigenvalue weighted by Crippen LogP contribution is 1.98. The van der Waals surface area contributed by atoms with Gasteiger partial charge >= 0.3 is 5.82 Å². The Morgan fingerprint density at radius 3 is 2.78 bits per heavy atom. The molecule has 0 aliphatic heterocycles. The molecule has 0 unspecified atom stereocenters. The number of aromatic nitrogens is 1. The number of pyridine rings is 1. The van der Waals surface area contributed by atoms with Crippen LogP contribution in [0.4, 0.5) is 5.82 Å². The van der Waals surface area contributed by atoms with Crippen LogP contribution in [0.5, 0.6) is 0 Å². The van der Waals surface area contributed by atoms with E-state index < -0.39 is 0 Å². The van der Waals surface area contributed by atoms with Crippen LogP contribution in [0, 0.1) is 0 Å². The lowest BCUT2D eigenvalue weighted by atomic mass is 10.4. The topological polar surface area (TPSA) is 16.2 Å². The van der Waals surface area contributed by atoms with Crippen LogP contribution in [0.15, 0.2) is 29.4 Å². The maximum atomic E-state index is 3.78. The van der Waals surface area contributed by atoms with Crippen molar-refractivity contribution < 1.29 is 4.57 Å². The van der Waals surface area contributed by atoms with E-state index in [2.05, 4.69) is 11.7 Å². The van der Waals surface area contributed by atoms with Crippen molar-refractivity contribution in [2.45, 2.75) is 0 Å². The van der Waals surface area contributed by atoms with E-state index in [-0.39, 0.29) is 0 Å². The highest BCUT2D eigenvalue weighted by Gasteiger charge is 1.96. The Kier molecular flexibility index (Phi) is 1.58. The first kappa shape index (κ1) is 5.95. The second kappa shape index (κ2) is 2.40. The van der Waals surface area contributed by atoms with Crippen LogP contribution in [0.2, 0.25) is 0 Å². The molecule has 0 N–H and O–H groups in total. The number of aryl methyl sites for hydroxylation is 1. The van der Waals surface area contributed by atoms with E-state index in [1.54, 1.807) is 0 Å². The first-order valence-corrected chi connectivity index (χ1v) is 2.76. The summed E-state index contributed by atoms with van der Waals surface area (Å²) in [6.45, 7) is 3.42. The first-order chi connectivity index (χ1) is 4.34. The lowest BCUT2D eigenvalue weighted by Crippen LogP contribution is -2.26. The molecule has 0 aliphatic rings. The molecule has 0 aliphatic carbocycles. The van der Waals surface area contributed by atoms with Gasteiger partial charge in [0.15, 0.2) is 0 Å². The molecular formula is C7H9N2+. The third kappa shape index (κ3) is 1.13. The van der Waals surface area contributed by atoms with Gasteiger partial charge < -0.3 is 0 Å². The molecule has 0 saturated heterocycles. The van der Waals surface area contributed by atoms with Crippen LogP contribution in [0.3, 0.4) is 0 Å². The van der Waals surface area contributed by atoms with Crippen LogP contribution < -0.4 is 4.57 Å². The minimum absolute atomic E-state index is 0.887. The molecule has 0 aromatic carbocycles. The zero-order chi connectivity index (χ0) is 6.69. The lowest BCUT2D eigenvalue weighted by Gasteiger charge is -1.88. The van der Waals surface area contributed by atoms with E-state index in [9.17, 15) is 0 Å². The van der Waals surface area contributed by atoms with Crippen molar-refractivity contribution in [2.75, 3.05) is 0 Å². The summed E-state index contributed by atoms with van der Waals surface area (Å²) in [7, 11) is 1.93. The van der Waals surface area contributed by atoms with Crippen molar-refractivity contribution in [3.63, 3.8) is 0 Å². The first-order valence-electron chi connectivity index (χ1n) is 2.76. The van der Waals surface area contributed by atoms with Gasteiger partial charge in [0, 0.05) is 6.07 Å². The molecule has 0 saturated carbocycles. The van der Waals surface area contributed by atoms with Gasteiger partial charge in [0.25, 0.3) is 0 Å². The fourth-order valence-corrected chi connectivity index (χ4v) is 0.679. The number of hydrogen-bond donors (Lipinski definition) is 0. The SMILES string of the molecule is C=Nc1cccc[n+]1C. The molecule has 0 amide bonds. The molecule has 0 spiro atoms. The molecule has 0 radical (unpaired) electrons. The Bertz CT molecular complexity index is 218. The van der Waals surface area contributed by atoms with Gasteiger partial charge in [-0.25, -0.2) is 4.57 Å². The van der Waals surface area contributed by atoms with Crippen LogP contribution in [-0.4, -0.2) is 6.72 Å². The normalized spacial score (nSPS) is 9.00. The maximum Gasteiger partial charge on any atom is 0.321 e. The largest absolute Gasteiger partial charge is 0.321 e. The molecule has 1 aromatic heterocycles. The quantitative estimate of drug-likeness (QED) is 0.387. The number of rotatable bonds is 1. The van der Waals surface area contributed by atoms with Gasteiger partial charge in [0.2, 0.25) is 0 Å². The Labute approximate surface area is 54.5 Å². The Balaban J connectivity index is 3.15. The molecule has 2 nitrogen and oxygen atoms in total. The van der Waals surface area contributed by atoms with Gasteiger partial charge in [-0.15, -0.1) is 0 Å². The van der Waals surface area contributed by atoms with Gasteiger partial charge in [-0.3, -0.25) is 0 Å². The summed E-state index contributed by atoms with van der Waals surface area (Å²) in [6.07, 6.45) is 1.93. The molecular weight excluding hydrogens is 112 g/mol. The third-order valence-corrected chi connectivity index (χ3v) is 1.19. The predicted octanol–water partition coefficient (Wildman–Crippen LogP) is 0.843. The summed E-state index contributed by atoms with van der Waals surface area (Å²) in [4.78, 5) is 3.78. The highest BCUT2D eigenvalue weighted by atomic mass is 15.0. The minimum Gasteiger partial charge on any atom is -0.234 e. The zero-order valence-corrected chi connectivity index (χ0v) is 5.41. The van der Waals surface area contributed by atoms with Crippen molar-refractivity contribution in [1.29, 1.82) is 0 Å². The van der Waals surface area contributed by atoms with Crippen molar-refractivity contribution in [1.82, 2.24) is 0 Å². The molecule has 0 atom stereocenters. The monoisotopic (exact) mass is 121 g/mol. The lowest BCUT2D eigenvalue weighted by molar-refractivity contribution is -0.658. The van der Waals surface area contributed by atoms with E-state index in [4.69, 9.17) is 0 Å². The van der Waals surface area contributed by atoms with Crippen molar-refractivity contribution in [2.24, 2.45) is 12.0 Å². The summed E-state index contributed by atoms with van der Waals surface area (Å²) in [5, 5.41) is 0. The molecule has 46 valence electrons. The second-order valence-corrected chi connectivity index (χ2v) is 1.83.